The van der Waals surface area contributed by atoms with E-state index < -0.39 is 24.0 Å². The molecule has 2 unspecified atom stereocenters. The second-order valence-corrected chi connectivity index (χ2v) is 14.8. The number of halogens is 1. The number of imidazole rings is 2. The number of rotatable bonds is 19. The third kappa shape index (κ3) is 11.4. The summed E-state index contributed by atoms with van der Waals surface area (Å²) >= 11 is 0. The monoisotopic (exact) mass is 851 g/mol. The van der Waals surface area contributed by atoms with E-state index in [-0.39, 0.29) is 41.8 Å². The van der Waals surface area contributed by atoms with Gasteiger partial charge in [0, 0.05) is 57.6 Å². The van der Waals surface area contributed by atoms with Crippen LogP contribution in [0.4, 0.5) is 21.6 Å². The van der Waals surface area contributed by atoms with Gasteiger partial charge in [-0.3, -0.25) is 38.4 Å². The predicted octanol–water partition coefficient (Wildman–Crippen LogP) is 4.46. The number of carbonyl (C=O) groups excluding carboxylic acids is 5. The van der Waals surface area contributed by atoms with E-state index in [0.29, 0.717) is 29.6 Å². The number of alkyl halides is 1. The number of imide groups is 1. The lowest BCUT2D eigenvalue weighted by molar-refractivity contribution is -0.135. The summed E-state index contributed by atoms with van der Waals surface area (Å²) in [5.41, 5.74) is 5.34. The quantitative estimate of drug-likeness (QED) is 0.0257. The maximum absolute atomic E-state index is 13.1. The van der Waals surface area contributed by atoms with E-state index in [2.05, 4.69) is 42.7 Å². The van der Waals surface area contributed by atoms with Gasteiger partial charge in [-0.2, -0.15) is 0 Å². The first-order chi connectivity index (χ1) is 29.9. The molecule has 1 fully saturated rings. The molecule has 3 aromatic heterocycles. The summed E-state index contributed by atoms with van der Waals surface area (Å²) in [6, 6.07) is 14.0. The third-order valence-electron chi connectivity index (χ3n) is 10.3. The van der Waals surface area contributed by atoms with Crippen molar-refractivity contribution < 1.29 is 28.4 Å². The summed E-state index contributed by atoms with van der Waals surface area (Å²) in [6.07, 6.45) is 12.7. The third-order valence-corrected chi connectivity index (χ3v) is 10.3. The number of para-hydroxylation sites is 1. The second kappa shape index (κ2) is 22.1. The molecule has 1 saturated heterocycles. The smallest absolute Gasteiger partial charge is 0.329 e. The minimum absolute atomic E-state index is 0.125. The maximum atomic E-state index is 13.1. The molecule has 5 N–H and O–H groups in total. The van der Waals surface area contributed by atoms with Crippen LogP contribution in [0.3, 0.4) is 0 Å². The van der Waals surface area contributed by atoms with Crippen molar-refractivity contribution in [2.24, 2.45) is 7.05 Å². The lowest BCUT2D eigenvalue weighted by atomic mass is 10.0. The summed E-state index contributed by atoms with van der Waals surface area (Å²) in [4.78, 5) is 77.5. The number of anilines is 3. The van der Waals surface area contributed by atoms with Gasteiger partial charge in [0.05, 0.1) is 28.6 Å². The topological polar surface area (TPSA) is 206 Å². The molecule has 0 spiro atoms. The molecule has 0 bridgehead atoms. The Morgan fingerprint density at radius 2 is 1.82 bits per heavy atom. The fourth-order valence-electron chi connectivity index (χ4n) is 7.02. The van der Waals surface area contributed by atoms with Crippen molar-refractivity contribution in [3.8, 4) is 0 Å². The van der Waals surface area contributed by atoms with Gasteiger partial charge in [-0.05, 0) is 94.2 Å². The number of nitrogens with zero attached hydrogens (tertiary/aromatic N) is 6. The molecule has 5 aromatic rings. The maximum Gasteiger partial charge on any atom is 0.329 e. The van der Waals surface area contributed by atoms with Crippen molar-refractivity contribution in [2.75, 3.05) is 49.8 Å². The Morgan fingerprint density at radius 3 is 2.50 bits per heavy atom. The van der Waals surface area contributed by atoms with Crippen LogP contribution in [0.2, 0.25) is 0 Å². The molecule has 0 saturated carbocycles. The fourth-order valence-corrected chi connectivity index (χ4v) is 7.02. The number of unbranched alkanes of at least 4 members (excludes halogenated alkanes) is 3. The molecule has 62 heavy (non-hydrogen) atoms. The minimum Gasteiger partial charge on any atom is -0.385 e. The first-order valence-electron chi connectivity index (χ1n) is 20.4. The highest BCUT2D eigenvalue weighted by atomic mass is 19.1. The van der Waals surface area contributed by atoms with Crippen molar-refractivity contribution in [3.63, 3.8) is 0 Å². The minimum atomic E-state index is -1.20. The number of amides is 3. The summed E-state index contributed by atoms with van der Waals surface area (Å²) in [5.74, 6) is -0.899. The number of aryl methyl sites for hydroxylation is 2. The Hall–Kier alpha value is -6.95. The standard InChI is InChI=1S/C24H26FN7O3.C20H28N4O3/c1-16(25)12-28-24(35)21-13-27-23-20(26-2)11-22(30-32(21)23)29-18(15-34)5-4-10-31(3)19-8-6-17(14-33)7-9-19;1-21-13-6-4-3-5-8-14-9-7-10-15-18(14)23(2)20(27)24(15)16-11-12-17(25)22-19(16)26/h4-11,13-16,26H,12H2,1-3H3,(H,28,35)(H,29,30);7,9-10,16,21H,3-6,8,11-13H2,1-2H3,(H,22,25,26)/b10-4-,18-5+;. The molecule has 328 valence electrons. The molecule has 2 atom stereocenters. The number of allylic oxidation sites excluding steroid dienone is 3. The molecular formula is C44H54FN11O6. The number of carbonyl (C=O) groups is 5. The van der Waals surface area contributed by atoms with E-state index in [9.17, 15) is 33.2 Å². The highest BCUT2D eigenvalue weighted by Crippen LogP contribution is 2.26. The van der Waals surface area contributed by atoms with Crippen LogP contribution in [-0.2, 0) is 27.9 Å². The van der Waals surface area contributed by atoms with Gasteiger partial charge < -0.3 is 26.2 Å². The van der Waals surface area contributed by atoms with Crippen molar-refractivity contribution in [1.82, 2.24) is 39.7 Å². The highest BCUT2D eigenvalue weighted by molar-refractivity contribution is 6.00. The van der Waals surface area contributed by atoms with Crippen molar-refractivity contribution in [2.45, 2.75) is 64.1 Å². The fraction of sp³-hybridized carbons (Fsp3) is 0.364. The van der Waals surface area contributed by atoms with E-state index in [1.807, 2.05) is 43.3 Å². The number of hydrogen-bond acceptors (Lipinski definition) is 12. The molecule has 17 nitrogen and oxygen atoms in total. The van der Waals surface area contributed by atoms with E-state index in [4.69, 9.17) is 0 Å². The number of benzene rings is 2. The molecule has 2 aromatic carbocycles. The summed E-state index contributed by atoms with van der Waals surface area (Å²) in [5, 5.41) is 18.3. The van der Waals surface area contributed by atoms with E-state index >= 15 is 0 Å². The van der Waals surface area contributed by atoms with Gasteiger partial charge in [0.1, 0.15) is 18.5 Å². The molecular weight excluding hydrogens is 798 g/mol. The van der Waals surface area contributed by atoms with Gasteiger partial charge >= 0.3 is 5.69 Å². The van der Waals surface area contributed by atoms with Crippen LogP contribution in [-0.4, -0.2) is 94.4 Å². The zero-order valence-corrected chi connectivity index (χ0v) is 35.6. The van der Waals surface area contributed by atoms with Crippen LogP contribution in [0, 0.1) is 0 Å². The Balaban J connectivity index is 0.000000242. The Labute approximate surface area is 358 Å². The van der Waals surface area contributed by atoms with Gasteiger partial charge in [0.2, 0.25) is 11.8 Å². The van der Waals surface area contributed by atoms with Crippen LogP contribution in [0.1, 0.15) is 77.9 Å². The highest BCUT2D eigenvalue weighted by Gasteiger charge is 2.31. The van der Waals surface area contributed by atoms with Crippen molar-refractivity contribution in [1.29, 1.82) is 0 Å². The average molecular weight is 852 g/mol. The van der Waals surface area contributed by atoms with Crippen LogP contribution in [0.15, 0.2) is 83.6 Å². The Morgan fingerprint density at radius 1 is 1.06 bits per heavy atom. The Kier molecular flexibility index (Phi) is 16.4. The van der Waals surface area contributed by atoms with Gasteiger partial charge in [-0.25, -0.2) is 18.7 Å². The number of aldehydes is 2. The van der Waals surface area contributed by atoms with Crippen LogP contribution in [0.25, 0.3) is 16.7 Å². The molecule has 4 heterocycles. The lowest BCUT2D eigenvalue weighted by Gasteiger charge is -2.21. The molecule has 6 rings (SSSR count). The van der Waals surface area contributed by atoms with Crippen molar-refractivity contribution in [3.05, 3.63) is 106 Å². The Bertz CT molecular complexity index is 2500. The number of fused-ring (bicyclic) bond motifs is 2. The first-order valence-corrected chi connectivity index (χ1v) is 20.4. The van der Waals surface area contributed by atoms with Gasteiger partial charge in [-0.1, -0.05) is 25.0 Å². The molecule has 0 aliphatic carbocycles. The van der Waals surface area contributed by atoms with Crippen LogP contribution >= 0.6 is 0 Å². The lowest BCUT2D eigenvalue weighted by Crippen LogP contribution is -2.44. The molecule has 1 aliphatic heterocycles. The molecule has 3 amide bonds. The second-order valence-electron chi connectivity index (χ2n) is 14.8. The predicted molar refractivity (Wildman–Crippen MR) is 237 cm³/mol. The average Bonchev–Trinajstić information content (AvgIpc) is 3.81. The van der Waals surface area contributed by atoms with E-state index in [0.717, 1.165) is 54.4 Å². The number of piperidine rings is 1. The van der Waals surface area contributed by atoms with Crippen molar-refractivity contribution >= 4 is 64.2 Å². The molecule has 1 aliphatic rings. The van der Waals surface area contributed by atoms with E-state index in [1.54, 1.807) is 59.8 Å². The molecule has 18 heteroatoms. The summed E-state index contributed by atoms with van der Waals surface area (Å²) in [7, 11) is 7.24. The van der Waals surface area contributed by atoms with Crippen LogP contribution in [0.5, 0.6) is 0 Å². The van der Waals surface area contributed by atoms with Gasteiger partial charge in [0.15, 0.2) is 23.4 Å². The number of hydrogen-bond donors (Lipinski definition) is 5. The normalized spacial score (nSPS) is 14.6. The van der Waals surface area contributed by atoms with Gasteiger partial charge in [-0.15, -0.1) is 5.10 Å². The zero-order chi connectivity index (χ0) is 44.8. The first kappa shape index (κ1) is 46.1. The largest absolute Gasteiger partial charge is 0.385 e. The van der Waals surface area contributed by atoms with Crippen LogP contribution < -0.4 is 37.2 Å². The van der Waals surface area contributed by atoms with E-state index in [1.165, 1.54) is 30.5 Å². The van der Waals surface area contributed by atoms with Gasteiger partial charge in [0.25, 0.3) is 5.91 Å². The zero-order valence-electron chi connectivity index (χ0n) is 35.6. The summed E-state index contributed by atoms with van der Waals surface area (Å²) in [6.45, 7) is 2.25. The molecule has 0 radical (unpaired) electrons. The number of nitrogens with one attached hydrogen (secondary N) is 5. The summed E-state index contributed by atoms with van der Waals surface area (Å²) < 4.78 is 17.6. The SMILES string of the molecule is CNCCCCCCc1cccc2c1n(C)c(=O)n2C1CCC(=O)NC1=O.CNc1cc(N/C(C=O)=C/C=C\N(C)c2ccc(C=O)cc2)nn2c(C(=O)NCC(C)F)cnc12. The number of aromatic nitrogens is 5.